The zero-order chi connectivity index (χ0) is 12.3. The van der Waals surface area contributed by atoms with Gasteiger partial charge < -0.3 is 9.64 Å². The van der Waals surface area contributed by atoms with Crippen LogP contribution in [0.3, 0.4) is 0 Å². The van der Waals surface area contributed by atoms with Crippen LogP contribution in [0.25, 0.3) is 0 Å². The van der Waals surface area contributed by atoms with Gasteiger partial charge in [0.2, 0.25) is 5.91 Å². The van der Waals surface area contributed by atoms with Gasteiger partial charge in [-0.2, -0.15) is 0 Å². The number of carbonyl (C=O) groups is 2. The highest BCUT2D eigenvalue weighted by molar-refractivity contribution is 7.99. The first kappa shape index (κ1) is 13.0. The quantitative estimate of drug-likeness (QED) is 0.739. The van der Waals surface area contributed by atoms with Crippen LogP contribution in [0.1, 0.15) is 6.92 Å². The van der Waals surface area contributed by atoms with Gasteiger partial charge in [-0.15, -0.1) is 23.5 Å². The van der Waals surface area contributed by atoms with Gasteiger partial charge in [-0.25, -0.2) is 4.79 Å². The lowest BCUT2D eigenvalue weighted by atomic mass is 10.2. The summed E-state index contributed by atoms with van der Waals surface area (Å²) < 4.78 is 5.00. The van der Waals surface area contributed by atoms with Crippen LogP contribution in [0.15, 0.2) is 0 Å². The van der Waals surface area contributed by atoms with Crippen molar-refractivity contribution in [3.63, 3.8) is 0 Å². The van der Waals surface area contributed by atoms with Gasteiger partial charge >= 0.3 is 5.97 Å². The number of hydrogen-bond acceptors (Lipinski definition) is 6. The molecule has 2 atom stereocenters. The van der Waals surface area contributed by atoms with E-state index >= 15 is 0 Å². The summed E-state index contributed by atoms with van der Waals surface area (Å²) in [5.41, 5.74) is 0. The van der Waals surface area contributed by atoms with Gasteiger partial charge in [0.25, 0.3) is 0 Å². The minimum absolute atomic E-state index is 0.0260. The zero-order valence-corrected chi connectivity index (χ0v) is 11.3. The number of nitrogens with one attached hydrogen (secondary N) is 1. The lowest BCUT2D eigenvalue weighted by Crippen LogP contribution is -2.50. The lowest BCUT2D eigenvalue weighted by Gasteiger charge is -2.24. The summed E-state index contributed by atoms with van der Waals surface area (Å²) in [6.45, 7) is 2.14. The van der Waals surface area contributed by atoms with Crippen molar-refractivity contribution in [2.45, 2.75) is 19.0 Å². The third-order valence-electron chi connectivity index (χ3n) is 2.74. The molecule has 0 aliphatic carbocycles. The van der Waals surface area contributed by atoms with E-state index in [0.29, 0.717) is 18.2 Å². The molecule has 1 N–H and O–H groups in total. The van der Waals surface area contributed by atoms with Gasteiger partial charge in [0.1, 0.15) is 6.04 Å². The summed E-state index contributed by atoms with van der Waals surface area (Å²) >= 11 is 3.31. The maximum Gasteiger partial charge on any atom is 0.329 e. The van der Waals surface area contributed by atoms with Crippen LogP contribution in [-0.2, 0) is 14.3 Å². The topological polar surface area (TPSA) is 58.6 Å². The van der Waals surface area contributed by atoms with Crippen molar-refractivity contribution >= 4 is 35.4 Å². The second-order valence-electron chi connectivity index (χ2n) is 3.85. The maximum absolute atomic E-state index is 12.2. The van der Waals surface area contributed by atoms with Gasteiger partial charge in [-0.1, -0.05) is 0 Å². The predicted molar refractivity (Wildman–Crippen MR) is 68.8 cm³/mol. The Kier molecular flexibility index (Phi) is 4.58. The van der Waals surface area contributed by atoms with E-state index < -0.39 is 6.04 Å². The molecule has 2 fully saturated rings. The van der Waals surface area contributed by atoms with Crippen molar-refractivity contribution in [1.82, 2.24) is 10.2 Å². The molecule has 0 saturated carbocycles. The molecule has 0 aromatic heterocycles. The maximum atomic E-state index is 12.2. The molecule has 96 valence electrons. The molecule has 0 aromatic rings. The molecule has 2 saturated heterocycles. The molecule has 0 aromatic carbocycles. The Morgan fingerprint density at radius 3 is 2.88 bits per heavy atom. The number of nitrogens with zero attached hydrogens (tertiary/aromatic N) is 1. The van der Waals surface area contributed by atoms with Crippen LogP contribution in [0.4, 0.5) is 0 Å². The van der Waals surface area contributed by atoms with Crippen molar-refractivity contribution in [2.24, 2.45) is 0 Å². The molecule has 1 amide bonds. The van der Waals surface area contributed by atoms with Gasteiger partial charge in [0.05, 0.1) is 18.5 Å². The minimum Gasteiger partial charge on any atom is -0.464 e. The van der Waals surface area contributed by atoms with Gasteiger partial charge in [-0.05, 0) is 6.92 Å². The SMILES string of the molecule is CCOC(=O)[C@@H]1CSCN1C(=O)[C@@H]1CSCN1. The fourth-order valence-corrected chi connectivity index (χ4v) is 3.93. The fraction of sp³-hybridized carbons (Fsp3) is 0.800. The third-order valence-corrected chi connectivity index (χ3v) is 4.69. The molecule has 0 radical (unpaired) electrons. The lowest BCUT2D eigenvalue weighted by molar-refractivity contribution is -0.152. The van der Waals surface area contributed by atoms with Gasteiger partial charge in [-0.3, -0.25) is 10.1 Å². The molecule has 2 rings (SSSR count). The molecule has 0 spiro atoms. The van der Waals surface area contributed by atoms with E-state index in [2.05, 4.69) is 5.32 Å². The van der Waals surface area contributed by atoms with Crippen LogP contribution in [0.5, 0.6) is 0 Å². The average molecular weight is 276 g/mol. The average Bonchev–Trinajstić information content (AvgIpc) is 3.00. The Morgan fingerprint density at radius 1 is 1.41 bits per heavy atom. The number of carbonyl (C=O) groups excluding carboxylic acids is 2. The summed E-state index contributed by atoms with van der Waals surface area (Å²) in [5, 5.41) is 3.14. The summed E-state index contributed by atoms with van der Waals surface area (Å²) in [5.74, 6) is 2.57. The molecule has 0 bridgehead atoms. The predicted octanol–water partition coefficient (Wildman–Crippen LogP) is 0.113. The van der Waals surface area contributed by atoms with Crippen molar-refractivity contribution in [1.29, 1.82) is 0 Å². The fourth-order valence-electron chi connectivity index (χ4n) is 1.85. The van der Waals surface area contributed by atoms with E-state index in [4.69, 9.17) is 4.74 Å². The van der Waals surface area contributed by atoms with Crippen molar-refractivity contribution in [3.8, 4) is 0 Å². The first-order chi connectivity index (χ1) is 8.24. The van der Waals surface area contributed by atoms with Crippen molar-refractivity contribution in [3.05, 3.63) is 0 Å². The molecular weight excluding hydrogens is 260 g/mol. The number of rotatable bonds is 3. The highest BCUT2D eigenvalue weighted by atomic mass is 32.2. The second kappa shape index (κ2) is 5.97. The van der Waals surface area contributed by atoms with E-state index in [1.165, 1.54) is 0 Å². The molecule has 17 heavy (non-hydrogen) atoms. The number of esters is 1. The monoisotopic (exact) mass is 276 g/mol. The highest BCUT2D eigenvalue weighted by Crippen LogP contribution is 2.24. The molecule has 5 nitrogen and oxygen atoms in total. The van der Waals surface area contributed by atoms with Crippen molar-refractivity contribution in [2.75, 3.05) is 29.9 Å². The Bertz CT molecular complexity index is 308. The zero-order valence-electron chi connectivity index (χ0n) is 9.68. The van der Waals surface area contributed by atoms with Crippen LogP contribution in [0.2, 0.25) is 0 Å². The number of thioether (sulfide) groups is 2. The van der Waals surface area contributed by atoms with Crippen molar-refractivity contribution < 1.29 is 14.3 Å². The Hall–Kier alpha value is -0.400. The summed E-state index contributed by atoms with van der Waals surface area (Å²) in [4.78, 5) is 25.6. The van der Waals surface area contributed by atoms with E-state index in [1.54, 1.807) is 35.3 Å². The van der Waals surface area contributed by atoms with Crippen LogP contribution < -0.4 is 5.32 Å². The summed E-state index contributed by atoms with van der Waals surface area (Å²) in [7, 11) is 0. The van der Waals surface area contributed by atoms with Gasteiger partial charge in [0.15, 0.2) is 0 Å². The highest BCUT2D eigenvalue weighted by Gasteiger charge is 2.39. The van der Waals surface area contributed by atoms with Crippen LogP contribution >= 0.6 is 23.5 Å². The van der Waals surface area contributed by atoms with E-state index in [0.717, 1.165) is 11.6 Å². The molecule has 2 aliphatic heterocycles. The standard InChI is InChI=1S/C10H16N2O3S2/c1-2-15-10(14)8-4-17-6-12(8)9(13)7-3-16-5-11-7/h7-8,11H,2-6H2,1H3/t7-,8-/m0/s1. The number of hydrogen-bond donors (Lipinski definition) is 1. The molecule has 0 unspecified atom stereocenters. The summed E-state index contributed by atoms with van der Waals surface area (Å²) in [6, 6.07) is -0.546. The first-order valence-corrected chi connectivity index (χ1v) is 7.91. The van der Waals surface area contributed by atoms with E-state index in [1.807, 2.05) is 0 Å². The molecule has 2 aliphatic rings. The number of amides is 1. The van der Waals surface area contributed by atoms with E-state index in [9.17, 15) is 9.59 Å². The molecular formula is C10H16N2O3S2. The van der Waals surface area contributed by atoms with Crippen LogP contribution in [0, 0.1) is 0 Å². The largest absolute Gasteiger partial charge is 0.464 e. The smallest absolute Gasteiger partial charge is 0.329 e. The summed E-state index contributed by atoms with van der Waals surface area (Å²) in [6.07, 6.45) is 0. The minimum atomic E-state index is -0.403. The second-order valence-corrected chi connectivity index (χ2v) is 5.88. The van der Waals surface area contributed by atoms with E-state index in [-0.39, 0.29) is 17.9 Å². The Balaban J connectivity index is 1.98. The normalized spacial score (nSPS) is 28.4. The number of ether oxygens (including phenoxy) is 1. The Morgan fingerprint density at radius 2 is 2.24 bits per heavy atom. The first-order valence-electron chi connectivity index (χ1n) is 5.60. The molecule has 7 heteroatoms. The Labute approximate surface area is 109 Å². The third kappa shape index (κ3) is 2.89. The van der Waals surface area contributed by atoms with Crippen LogP contribution in [-0.4, -0.2) is 58.7 Å². The molecule has 2 heterocycles. The van der Waals surface area contributed by atoms with Gasteiger partial charge in [0, 0.05) is 17.4 Å².